The second kappa shape index (κ2) is 7.23. The number of rotatable bonds is 4. The molecule has 2 N–H and O–H groups in total. The lowest BCUT2D eigenvalue weighted by atomic mass is 10.1. The number of carbonyl (C=O) groups is 1. The van der Waals surface area contributed by atoms with Crippen molar-refractivity contribution in [2.24, 2.45) is 0 Å². The predicted octanol–water partition coefficient (Wildman–Crippen LogP) is 3.92. The molecule has 0 aliphatic carbocycles. The van der Waals surface area contributed by atoms with Gasteiger partial charge in [0.05, 0.1) is 11.3 Å². The van der Waals surface area contributed by atoms with Crippen LogP contribution in [0.15, 0.2) is 51.8 Å². The number of nitrogens with one attached hydrogen (secondary N) is 2. The Hall–Kier alpha value is -1.77. The summed E-state index contributed by atoms with van der Waals surface area (Å²) in [5.41, 5.74) is -0.339. The third-order valence-corrected chi connectivity index (χ3v) is 5.51. The van der Waals surface area contributed by atoms with E-state index in [4.69, 9.17) is 0 Å². The zero-order valence-electron chi connectivity index (χ0n) is 13.9. The molecule has 5 nitrogen and oxygen atoms in total. The SMILES string of the molecule is CC(C)(C)NS(=O)(=O)c1ccccc1NC(=O)c1ccc(F)cc1Br. The van der Waals surface area contributed by atoms with Crippen LogP contribution in [0.25, 0.3) is 0 Å². The summed E-state index contributed by atoms with van der Waals surface area (Å²) < 4.78 is 41.1. The minimum absolute atomic E-state index is 0.0449. The maximum Gasteiger partial charge on any atom is 0.256 e. The monoisotopic (exact) mass is 428 g/mol. The van der Waals surface area contributed by atoms with Crippen molar-refractivity contribution >= 4 is 37.5 Å². The van der Waals surface area contributed by atoms with E-state index in [2.05, 4.69) is 26.0 Å². The molecule has 0 fully saturated rings. The van der Waals surface area contributed by atoms with Crippen LogP contribution in [0.5, 0.6) is 0 Å². The molecule has 0 aliphatic rings. The first-order valence-electron chi connectivity index (χ1n) is 7.39. The molecule has 134 valence electrons. The molecule has 0 radical (unpaired) electrons. The molecular weight excluding hydrogens is 411 g/mol. The lowest BCUT2D eigenvalue weighted by Crippen LogP contribution is -2.40. The van der Waals surface area contributed by atoms with Gasteiger partial charge in [-0.1, -0.05) is 12.1 Å². The van der Waals surface area contributed by atoms with E-state index >= 15 is 0 Å². The normalized spacial score (nSPS) is 12.0. The molecule has 0 aromatic heterocycles. The van der Waals surface area contributed by atoms with Crippen LogP contribution >= 0.6 is 15.9 Å². The Morgan fingerprint density at radius 1 is 1.12 bits per heavy atom. The van der Waals surface area contributed by atoms with Crippen molar-refractivity contribution < 1.29 is 17.6 Å². The van der Waals surface area contributed by atoms with Gasteiger partial charge in [0.25, 0.3) is 5.91 Å². The van der Waals surface area contributed by atoms with Gasteiger partial charge in [-0.15, -0.1) is 0 Å². The van der Waals surface area contributed by atoms with Crippen molar-refractivity contribution in [3.63, 3.8) is 0 Å². The minimum Gasteiger partial charge on any atom is -0.321 e. The number of halogens is 2. The molecule has 2 aromatic carbocycles. The second-order valence-corrected chi connectivity index (χ2v) is 8.94. The molecule has 0 saturated carbocycles. The first-order valence-corrected chi connectivity index (χ1v) is 9.67. The van der Waals surface area contributed by atoms with Crippen molar-refractivity contribution in [2.45, 2.75) is 31.2 Å². The maximum atomic E-state index is 13.2. The van der Waals surface area contributed by atoms with E-state index in [0.29, 0.717) is 0 Å². The lowest BCUT2D eigenvalue weighted by molar-refractivity contribution is 0.102. The van der Waals surface area contributed by atoms with Crippen molar-refractivity contribution in [1.82, 2.24) is 4.72 Å². The van der Waals surface area contributed by atoms with E-state index in [0.717, 1.165) is 6.07 Å². The van der Waals surface area contributed by atoms with Crippen LogP contribution in [0.4, 0.5) is 10.1 Å². The number of para-hydroxylation sites is 1. The summed E-state index contributed by atoms with van der Waals surface area (Å²) in [6, 6.07) is 9.73. The minimum atomic E-state index is -3.83. The van der Waals surface area contributed by atoms with Crippen molar-refractivity contribution in [2.75, 3.05) is 5.32 Å². The molecule has 0 aliphatic heterocycles. The number of carbonyl (C=O) groups excluding carboxylic acids is 1. The molecule has 8 heteroatoms. The molecule has 0 atom stereocenters. The lowest BCUT2D eigenvalue weighted by Gasteiger charge is -2.21. The van der Waals surface area contributed by atoms with Gasteiger partial charge in [-0.25, -0.2) is 17.5 Å². The van der Waals surface area contributed by atoms with E-state index in [1.165, 1.54) is 24.3 Å². The van der Waals surface area contributed by atoms with Gasteiger partial charge in [-0.05, 0) is 67.0 Å². The fourth-order valence-corrected chi connectivity index (χ4v) is 4.24. The highest BCUT2D eigenvalue weighted by molar-refractivity contribution is 9.10. The molecule has 1 amide bonds. The van der Waals surface area contributed by atoms with Gasteiger partial charge in [0.1, 0.15) is 10.7 Å². The summed E-state index contributed by atoms with van der Waals surface area (Å²) in [7, 11) is -3.83. The van der Waals surface area contributed by atoms with Crippen LogP contribution < -0.4 is 10.0 Å². The average Bonchev–Trinajstić information content (AvgIpc) is 2.44. The first kappa shape index (κ1) is 19.6. The number of sulfonamides is 1. The highest BCUT2D eigenvalue weighted by Gasteiger charge is 2.25. The Morgan fingerprint density at radius 2 is 1.76 bits per heavy atom. The number of benzene rings is 2. The van der Waals surface area contributed by atoms with Gasteiger partial charge in [-0.2, -0.15) is 0 Å². The van der Waals surface area contributed by atoms with Crippen LogP contribution in [-0.2, 0) is 10.0 Å². The fraction of sp³-hybridized carbons (Fsp3) is 0.235. The largest absolute Gasteiger partial charge is 0.321 e. The van der Waals surface area contributed by atoms with Gasteiger partial charge in [0.15, 0.2) is 0 Å². The van der Waals surface area contributed by atoms with Crippen LogP contribution in [-0.4, -0.2) is 19.9 Å². The van der Waals surface area contributed by atoms with Crippen LogP contribution in [0.1, 0.15) is 31.1 Å². The third kappa shape index (κ3) is 5.10. The van der Waals surface area contributed by atoms with Crippen LogP contribution in [0.2, 0.25) is 0 Å². The van der Waals surface area contributed by atoms with Crippen LogP contribution in [0, 0.1) is 5.82 Å². The summed E-state index contributed by atoms with van der Waals surface area (Å²) in [5, 5.41) is 2.57. The van der Waals surface area contributed by atoms with Crippen molar-refractivity contribution in [3.8, 4) is 0 Å². The zero-order chi connectivity index (χ0) is 18.8. The molecule has 0 heterocycles. The molecular formula is C17H18BrFN2O3S. The summed E-state index contributed by atoms with van der Waals surface area (Å²) in [6.07, 6.45) is 0. The third-order valence-electron chi connectivity index (χ3n) is 3.04. The standard InChI is InChI=1S/C17H18BrFN2O3S/c1-17(2,3)21-25(23,24)15-7-5-4-6-14(15)20-16(22)12-9-8-11(19)10-13(12)18/h4-10,21H,1-3H3,(H,20,22). The molecule has 0 saturated heterocycles. The van der Waals surface area contributed by atoms with E-state index in [-0.39, 0.29) is 20.6 Å². The molecule has 0 spiro atoms. The maximum absolute atomic E-state index is 13.2. The topological polar surface area (TPSA) is 75.3 Å². The summed E-state index contributed by atoms with van der Waals surface area (Å²) >= 11 is 3.13. The van der Waals surface area contributed by atoms with Crippen LogP contribution in [0.3, 0.4) is 0 Å². The Balaban J connectivity index is 2.37. The number of amides is 1. The summed E-state index contributed by atoms with van der Waals surface area (Å²) in [5.74, 6) is -1.04. The molecule has 2 aromatic rings. The van der Waals surface area contributed by atoms with E-state index in [9.17, 15) is 17.6 Å². The van der Waals surface area contributed by atoms with Gasteiger partial charge >= 0.3 is 0 Å². The predicted molar refractivity (Wildman–Crippen MR) is 98.6 cm³/mol. The van der Waals surface area contributed by atoms with Gasteiger partial charge < -0.3 is 5.32 Å². The van der Waals surface area contributed by atoms with Gasteiger partial charge in [0.2, 0.25) is 10.0 Å². The van der Waals surface area contributed by atoms with Crippen molar-refractivity contribution in [1.29, 1.82) is 0 Å². The van der Waals surface area contributed by atoms with Gasteiger partial charge in [0, 0.05) is 10.0 Å². The number of anilines is 1. The summed E-state index contributed by atoms with van der Waals surface area (Å²) in [6.45, 7) is 5.17. The molecule has 0 unspecified atom stereocenters. The Morgan fingerprint density at radius 3 is 2.36 bits per heavy atom. The van der Waals surface area contributed by atoms with Gasteiger partial charge in [-0.3, -0.25) is 4.79 Å². The number of hydrogen-bond acceptors (Lipinski definition) is 3. The van der Waals surface area contributed by atoms with Crippen molar-refractivity contribution in [3.05, 3.63) is 58.3 Å². The summed E-state index contributed by atoms with van der Waals surface area (Å²) in [4.78, 5) is 12.4. The Bertz CT molecular complexity index is 908. The molecule has 2 rings (SSSR count). The first-order chi connectivity index (χ1) is 11.5. The van der Waals surface area contributed by atoms with E-state index in [1.807, 2.05) is 0 Å². The Labute approximate surface area is 154 Å². The molecule has 25 heavy (non-hydrogen) atoms. The second-order valence-electron chi connectivity index (χ2n) is 6.43. The zero-order valence-corrected chi connectivity index (χ0v) is 16.3. The molecule has 0 bridgehead atoms. The average molecular weight is 429 g/mol. The fourth-order valence-electron chi connectivity index (χ4n) is 2.13. The van der Waals surface area contributed by atoms with E-state index in [1.54, 1.807) is 32.9 Å². The number of hydrogen-bond donors (Lipinski definition) is 2. The van der Waals surface area contributed by atoms with E-state index < -0.39 is 27.3 Å². The smallest absolute Gasteiger partial charge is 0.256 e. The quantitative estimate of drug-likeness (QED) is 0.774. The Kier molecular flexibility index (Phi) is 5.65. The highest BCUT2D eigenvalue weighted by atomic mass is 79.9. The highest BCUT2D eigenvalue weighted by Crippen LogP contribution is 2.24.